The normalized spacial score (nSPS) is 13.3. The number of rotatable bonds is 3. The van der Waals surface area contributed by atoms with Crippen LogP contribution in [-0.2, 0) is 0 Å². The minimum absolute atomic E-state index is 0.0751. The molecule has 74 valence electrons. The van der Waals surface area contributed by atoms with Gasteiger partial charge < -0.3 is 10.8 Å². The maximum absolute atomic E-state index is 9.18. The predicted molar refractivity (Wildman–Crippen MR) is 60.7 cm³/mol. The second-order valence-electron chi connectivity index (χ2n) is 3.30. The Morgan fingerprint density at radius 2 is 2.14 bits per heavy atom. The van der Waals surface area contributed by atoms with Crippen molar-refractivity contribution in [3.05, 3.63) is 35.2 Å². The first-order chi connectivity index (χ1) is 6.86. The second-order valence-corrected chi connectivity index (χ2v) is 4.21. The lowest BCUT2D eigenvalue weighted by atomic mass is 10.00. The Kier molecular flexibility index (Phi) is 2.82. The number of aliphatic hydroxyl groups excluding tert-OH is 1. The van der Waals surface area contributed by atoms with Crippen LogP contribution in [0.15, 0.2) is 29.6 Å². The van der Waals surface area contributed by atoms with Gasteiger partial charge in [0.2, 0.25) is 0 Å². The van der Waals surface area contributed by atoms with Gasteiger partial charge in [0.25, 0.3) is 0 Å². The molecule has 1 aromatic carbocycles. The quantitative estimate of drug-likeness (QED) is 0.808. The molecule has 2 nitrogen and oxygen atoms in total. The fourth-order valence-corrected chi connectivity index (χ4v) is 2.66. The summed E-state index contributed by atoms with van der Waals surface area (Å²) in [5, 5.41) is 12.5. The van der Waals surface area contributed by atoms with Gasteiger partial charge in [-0.3, -0.25) is 0 Å². The highest BCUT2D eigenvalue weighted by molar-refractivity contribution is 7.17. The third kappa shape index (κ3) is 1.54. The van der Waals surface area contributed by atoms with Crippen LogP contribution in [0.5, 0.6) is 0 Å². The predicted octanol–water partition coefficient (Wildman–Crippen LogP) is 1.94. The Labute approximate surface area is 87.0 Å². The van der Waals surface area contributed by atoms with Gasteiger partial charge >= 0.3 is 0 Å². The van der Waals surface area contributed by atoms with Crippen LogP contribution >= 0.6 is 11.3 Å². The van der Waals surface area contributed by atoms with E-state index in [1.54, 1.807) is 11.3 Å². The van der Waals surface area contributed by atoms with Gasteiger partial charge in [-0.25, -0.2) is 0 Å². The van der Waals surface area contributed by atoms with Crippen LogP contribution in [0.4, 0.5) is 0 Å². The monoisotopic (exact) mass is 207 g/mol. The summed E-state index contributed by atoms with van der Waals surface area (Å²) in [5.41, 5.74) is 6.79. The summed E-state index contributed by atoms with van der Waals surface area (Å²) in [4.78, 5) is 0. The molecule has 1 atom stereocenters. The number of nitrogens with two attached hydrogens (primary N) is 1. The van der Waals surface area contributed by atoms with Crippen LogP contribution in [0.3, 0.4) is 0 Å². The van der Waals surface area contributed by atoms with Crippen molar-refractivity contribution in [2.45, 2.75) is 5.92 Å². The molecule has 3 heteroatoms. The summed E-state index contributed by atoms with van der Waals surface area (Å²) in [7, 11) is 0. The molecular weight excluding hydrogens is 194 g/mol. The number of benzene rings is 1. The molecule has 3 N–H and O–H groups in total. The molecule has 2 aromatic rings. The molecule has 0 aliphatic heterocycles. The number of aliphatic hydroxyl groups is 1. The first-order valence-electron chi connectivity index (χ1n) is 4.64. The lowest BCUT2D eigenvalue weighted by Crippen LogP contribution is -2.15. The zero-order chi connectivity index (χ0) is 9.97. The molecule has 14 heavy (non-hydrogen) atoms. The Morgan fingerprint density at radius 1 is 1.36 bits per heavy atom. The summed E-state index contributed by atoms with van der Waals surface area (Å²) < 4.78 is 1.26. The standard InChI is InChI=1S/C11H13NOS/c12-5-8(6-13)10-7-14-11-4-2-1-3-9(10)11/h1-4,7-8,13H,5-6,12H2. The average molecular weight is 207 g/mol. The summed E-state index contributed by atoms with van der Waals surface area (Å²) in [6.07, 6.45) is 0. The maximum Gasteiger partial charge on any atom is 0.0512 e. The largest absolute Gasteiger partial charge is 0.396 e. The molecular formula is C11H13NOS. The van der Waals surface area contributed by atoms with Crippen molar-refractivity contribution >= 4 is 21.4 Å². The van der Waals surface area contributed by atoms with E-state index < -0.39 is 0 Å². The molecule has 0 spiro atoms. The molecule has 0 fully saturated rings. The van der Waals surface area contributed by atoms with E-state index >= 15 is 0 Å². The number of fused-ring (bicyclic) bond motifs is 1. The highest BCUT2D eigenvalue weighted by Crippen LogP contribution is 2.30. The van der Waals surface area contributed by atoms with Gasteiger partial charge in [0, 0.05) is 17.2 Å². The molecule has 1 aromatic heterocycles. The van der Waals surface area contributed by atoms with Gasteiger partial charge in [-0.15, -0.1) is 11.3 Å². The minimum Gasteiger partial charge on any atom is -0.396 e. The smallest absolute Gasteiger partial charge is 0.0512 e. The zero-order valence-electron chi connectivity index (χ0n) is 7.81. The van der Waals surface area contributed by atoms with Crippen LogP contribution < -0.4 is 5.73 Å². The highest BCUT2D eigenvalue weighted by atomic mass is 32.1. The van der Waals surface area contributed by atoms with Crippen LogP contribution in [0.1, 0.15) is 11.5 Å². The SMILES string of the molecule is NCC(CO)c1csc2ccccc12. The highest BCUT2D eigenvalue weighted by Gasteiger charge is 2.12. The molecule has 0 aliphatic rings. The number of hydrogen-bond donors (Lipinski definition) is 2. The van der Waals surface area contributed by atoms with Crippen molar-refractivity contribution in [2.24, 2.45) is 5.73 Å². The van der Waals surface area contributed by atoms with E-state index in [-0.39, 0.29) is 12.5 Å². The molecule has 0 aliphatic carbocycles. The van der Waals surface area contributed by atoms with Crippen LogP contribution in [-0.4, -0.2) is 18.3 Å². The Hall–Kier alpha value is -0.900. The average Bonchev–Trinajstić information content (AvgIpc) is 2.65. The van der Waals surface area contributed by atoms with E-state index in [9.17, 15) is 5.11 Å². The summed E-state index contributed by atoms with van der Waals surface area (Å²) in [6.45, 7) is 0.619. The van der Waals surface area contributed by atoms with Crippen molar-refractivity contribution in [3.8, 4) is 0 Å². The van der Waals surface area contributed by atoms with Crippen molar-refractivity contribution in [2.75, 3.05) is 13.2 Å². The van der Waals surface area contributed by atoms with Crippen LogP contribution in [0.25, 0.3) is 10.1 Å². The summed E-state index contributed by atoms with van der Waals surface area (Å²) >= 11 is 1.71. The van der Waals surface area contributed by atoms with Crippen molar-refractivity contribution in [1.29, 1.82) is 0 Å². The molecule has 0 bridgehead atoms. The van der Waals surface area contributed by atoms with E-state index in [1.165, 1.54) is 15.6 Å². The van der Waals surface area contributed by atoms with E-state index in [2.05, 4.69) is 17.5 Å². The van der Waals surface area contributed by atoms with Crippen molar-refractivity contribution in [1.82, 2.24) is 0 Å². The van der Waals surface area contributed by atoms with Gasteiger partial charge in [0.05, 0.1) is 6.61 Å². The fourth-order valence-electron chi connectivity index (χ4n) is 1.61. The Balaban J connectivity index is 2.51. The molecule has 0 amide bonds. The van der Waals surface area contributed by atoms with Gasteiger partial charge in [-0.05, 0) is 22.4 Å². The molecule has 0 saturated heterocycles. The lowest BCUT2D eigenvalue weighted by molar-refractivity contribution is 0.268. The topological polar surface area (TPSA) is 46.2 Å². The molecule has 0 saturated carbocycles. The van der Waals surface area contributed by atoms with E-state index in [0.717, 1.165) is 0 Å². The second kappa shape index (κ2) is 4.09. The Bertz CT molecular complexity index is 420. The zero-order valence-corrected chi connectivity index (χ0v) is 8.63. The third-order valence-electron chi connectivity index (χ3n) is 2.46. The van der Waals surface area contributed by atoms with Gasteiger partial charge in [0.15, 0.2) is 0 Å². The molecule has 1 unspecified atom stereocenters. The third-order valence-corrected chi connectivity index (χ3v) is 3.44. The van der Waals surface area contributed by atoms with Gasteiger partial charge in [-0.1, -0.05) is 18.2 Å². The Morgan fingerprint density at radius 3 is 2.86 bits per heavy atom. The van der Waals surface area contributed by atoms with E-state index in [4.69, 9.17) is 5.73 Å². The molecule has 2 rings (SSSR count). The minimum atomic E-state index is 0.0751. The number of thiophene rings is 1. The van der Waals surface area contributed by atoms with Gasteiger partial charge in [0.1, 0.15) is 0 Å². The first kappa shape index (κ1) is 9.65. The maximum atomic E-state index is 9.18. The summed E-state index contributed by atoms with van der Waals surface area (Å²) in [6, 6.07) is 8.22. The molecule has 1 heterocycles. The van der Waals surface area contributed by atoms with E-state index in [1.807, 2.05) is 12.1 Å². The lowest BCUT2D eigenvalue weighted by Gasteiger charge is -2.09. The van der Waals surface area contributed by atoms with Crippen molar-refractivity contribution < 1.29 is 5.11 Å². The molecule has 0 radical (unpaired) electrons. The van der Waals surface area contributed by atoms with E-state index in [0.29, 0.717) is 6.54 Å². The van der Waals surface area contributed by atoms with Crippen molar-refractivity contribution in [3.63, 3.8) is 0 Å². The van der Waals surface area contributed by atoms with Crippen LogP contribution in [0, 0.1) is 0 Å². The number of hydrogen-bond acceptors (Lipinski definition) is 3. The first-order valence-corrected chi connectivity index (χ1v) is 5.52. The summed E-state index contributed by atoms with van der Waals surface area (Å²) in [5.74, 6) is 0.0751. The van der Waals surface area contributed by atoms with Gasteiger partial charge in [-0.2, -0.15) is 0 Å². The van der Waals surface area contributed by atoms with Crippen LogP contribution in [0.2, 0.25) is 0 Å². The fraction of sp³-hybridized carbons (Fsp3) is 0.273.